The molecule has 0 saturated heterocycles. The maximum absolute atomic E-state index is 13.4. The van der Waals surface area contributed by atoms with Crippen molar-refractivity contribution in [1.82, 2.24) is 0 Å². The third-order valence-corrected chi connectivity index (χ3v) is 8.10. The summed E-state index contributed by atoms with van der Waals surface area (Å²) in [7, 11) is -3.96. The predicted molar refractivity (Wildman–Crippen MR) is 114 cm³/mol. The Bertz CT molecular complexity index is 1050. The van der Waals surface area contributed by atoms with Gasteiger partial charge >= 0.3 is 0 Å². The monoisotopic (exact) mass is 454 g/mol. The van der Waals surface area contributed by atoms with Gasteiger partial charge in [0.1, 0.15) is 0 Å². The van der Waals surface area contributed by atoms with Crippen LogP contribution in [0.2, 0.25) is 10.0 Å². The van der Waals surface area contributed by atoms with Crippen LogP contribution in [0, 0.1) is 0 Å². The van der Waals surface area contributed by atoms with Gasteiger partial charge in [-0.3, -0.25) is 9.59 Å². The number of hydrogen-bond donors (Lipinski definition) is 2. The van der Waals surface area contributed by atoms with E-state index in [1.807, 2.05) is 0 Å². The average Bonchev–Trinajstić information content (AvgIpc) is 3.16. The fraction of sp³-hybridized carbons (Fsp3) is 0.300. The first-order chi connectivity index (χ1) is 13.7. The molecule has 0 bridgehead atoms. The van der Waals surface area contributed by atoms with E-state index < -0.39 is 20.5 Å². The van der Waals surface area contributed by atoms with Gasteiger partial charge in [-0.2, -0.15) is 0 Å². The summed E-state index contributed by atoms with van der Waals surface area (Å²) < 4.78 is 25.2. The van der Waals surface area contributed by atoms with Crippen molar-refractivity contribution >= 4 is 56.2 Å². The zero-order valence-corrected chi connectivity index (χ0v) is 18.0. The van der Waals surface area contributed by atoms with Gasteiger partial charge < -0.3 is 10.6 Å². The van der Waals surface area contributed by atoms with Crippen LogP contribution in [-0.4, -0.2) is 25.0 Å². The SMILES string of the molecule is CC(=O)Nc1ccc(Cl)c(NC(=O)C2(S(=O)(=O)c3ccc(Cl)cc3)CCCC2)c1. The minimum absolute atomic E-state index is 0.0528. The number of benzene rings is 2. The molecule has 3 rings (SSSR count). The number of halogens is 2. The summed E-state index contributed by atoms with van der Waals surface area (Å²) in [4.78, 5) is 24.6. The van der Waals surface area contributed by atoms with Gasteiger partial charge in [-0.05, 0) is 55.3 Å². The fourth-order valence-electron chi connectivity index (χ4n) is 3.54. The molecule has 2 amide bonds. The van der Waals surface area contributed by atoms with E-state index in [4.69, 9.17) is 23.2 Å². The Morgan fingerprint density at radius 3 is 2.17 bits per heavy atom. The molecule has 1 aliphatic carbocycles. The predicted octanol–water partition coefficient (Wildman–Crippen LogP) is 4.68. The molecule has 1 fully saturated rings. The van der Waals surface area contributed by atoms with Gasteiger partial charge in [0.2, 0.25) is 11.8 Å². The highest BCUT2D eigenvalue weighted by molar-refractivity contribution is 7.93. The van der Waals surface area contributed by atoms with E-state index in [2.05, 4.69) is 10.6 Å². The maximum Gasteiger partial charge on any atom is 0.246 e. The van der Waals surface area contributed by atoms with E-state index in [1.54, 1.807) is 6.07 Å². The van der Waals surface area contributed by atoms with Crippen LogP contribution in [0.15, 0.2) is 47.4 Å². The first-order valence-corrected chi connectivity index (χ1v) is 11.3. The second-order valence-electron chi connectivity index (χ2n) is 6.99. The molecule has 6 nitrogen and oxygen atoms in total. The summed E-state index contributed by atoms with van der Waals surface area (Å²) in [6.07, 6.45) is 1.68. The molecule has 0 aromatic heterocycles. The second-order valence-corrected chi connectivity index (χ2v) is 10.1. The Morgan fingerprint density at radius 2 is 1.59 bits per heavy atom. The molecule has 2 aromatic rings. The van der Waals surface area contributed by atoms with E-state index in [9.17, 15) is 18.0 Å². The summed E-state index contributed by atoms with van der Waals surface area (Å²) in [6, 6.07) is 10.4. The van der Waals surface area contributed by atoms with Crippen LogP contribution >= 0.6 is 23.2 Å². The molecule has 1 saturated carbocycles. The molecular formula is C20H20Cl2N2O4S. The van der Waals surface area contributed by atoms with Crippen LogP contribution in [0.5, 0.6) is 0 Å². The van der Waals surface area contributed by atoms with Crippen molar-refractivity contribution in [3.63, 3.8) is 0 Å². The zero-order valence-electron chi connectivity index (χ0n) is 15.7. The first-order valence-electron chi connectivity index (χ1n) is 9.04. The van der Waals surface area contributed by atoms with Crippen molar-refractivity contribution < 1.29 is 18.0 Å². The lowest BCUT2D eigenvalue weighted by Gasteiger charge is -2.28. The maximum atomic E-state index is 13.4. The molecule has 9 heteroatoms. The molecule has 29 heavy (non-hydrogen) atoms. The standard InChI is InChI=1S/C20H20Cl2N2O4S/c1-13(25)23-15-6-9-17(22)18(12-15)24-19(26)20(10-2-3-11-20)29(27,28)16-7-4-14(21)5-8-16/h4-9,12H,2-3,10-11H2,1H3,(H,23,25)(H,24,26). The van der Waals surface area contributed by atoms with Gasteiger partial charge in [0.05, 0.1) is 15.6 Å². The van der Waals surface area contributed by atoms with Crippen LogP contribution in [0.3, 0.4) is 0 Å². The summed E-state index contributed by atoms with van der Waals surface area (Å²) >= 11 is 12.1. The minimum Gasteiger partial charge on any atom is -0.326 e. The number of sulfone groups is 1. The van der Waals surface area contributed by atoms with Crippen LogP contribution in [-0.2, 0) is 19.4 Å². The molecule has 154 valence electrons. The third kappa shape index (κ3) is 4.27. The minimum atomic E-state index is -3.96. The summed E-state index contributed by atoms with van der Waals surface area (Å²) in [6.45, 7) is 1.36. The first kappa shape index (κ1) is 21.6. The summed E-state index contributed by atoms with van der Waals surface area (Å²) in [5, 5.41) is 5.93. The van der Waals surface area contributed by atoms with Gasteiger partial charge in [0, 0.05) is 17.6 Å². The third-order valence-electron chi connectivity index (χ3n) is 5.00. The lowest BCUT2D eigenvalue weighted by atomic mass is 10.1. The van der Waals surface area contributed by atoms with Crippen LogP contribution in [0.25, 0.3) is 0 Å². The average molecular weight is 455 g/mol. The number of amides is 2. The highest BCUT2D eigenvalue weighted by atomic mass is 35.5. The Kier molecular flexibility index (Phi) is 6.22. The van der Waals surface area contributed by atoms with Crippen LogP contribution < -0.4 is 10.6 Å². The Morgan fingerprint density at radius 1 is 0.966 bits per heavy atom. The van der Waals surface area contributed by atoms with Crippen LogP contribution in [0.4, 0.5) is 11.4 Å². The van der Waals surface area contributed by atoms with Crippen molar-refractivity contribution in [2.45, 2.75) is 42.2 Å². The number of hydrogen-bond acceptors (Lipinski definition) is 4. The largest absolute Gasteiger partial charge is 0.326 e. The lowest BCUT2D eigenvalue weighted by molar-refractivity contribution is -0.118. The molecule has 0 unspecified atom stereocenters. The molecule has 2 N–H and O–H groups in total. The molecule has 1 aliphatic rings. The van der Waals surface area contributed by atoms with Gasteiger partial charge in [0.25, 0.3) is 0 Å². The van der Waals surface area contributed by atoms with Gasteiger partial charge in [-0.25, -0.2) is 8.42 Å². The Balaban J connectivity index is 1.97. The van der Waals surface area contributed by atoms with Crippen molar-refractivity contribution in [3.05, 3.63) is 52.5 Å². The Labute approximate surface area is 179 Å². The van der Waals surface area contributed by atoms with Gasteiger partial charge in [0.15, 0.2) is 14.6 Å². The van der Waals surface area contributed by atoms with Crippen LogP contribution in [0.1, 0.15) is 32.6 Å². The van der Waals surface area contributed by atoms with E-state index in [1.165, 1.54) is 43.3 Å². The normalized spacial score (nSPS) is 15.7. The molecule has 0 radical (unpaired) electrons. The van der Waals surface area contributed by atoms with E-state index >= 15 is 0 Å². The van der Waals surface area contributed by atoms with Crippen molar-refractivity contribution in [3.8, 4) is 0 Å². The topological polar surface area (TPSA) is 92.3 Å². The molecule has 2 aromatic carbocycles. The smallest absolute Gasteiger partial charge is 0.246 e. The number of carbonyl (C=O) groups excluding carboxylic acids is 2. The van der Waals surface area contributed by atoms with Gasteiger partial charge in [-0.1, -0.05) is 36.0 Å². The van der Waals surface area contributed by atoms with Crippen molar-refractivity contribution in [1.29, 1.82) is 0 Å². The molecular weight excluding hydrogens is 435 g/mol. The van der Waals surface area contributed by atoms with Crippen molar-refractivity contribution in [2.24, 2.45) is 0 Å². The van der Waals surface area contributed by atoms with E-state index in [0.717, 1.165) is 0 Å². The molecule has 0 spiro atoms. The number of nitrogens with one attached hydrogen (secondary N) is 2. The highest BCUT2D eigenvalue weighted by Gasteiger charge is 2.53. The van der Waals surface area contributed by atoms with E-state index in [-0.39, 0.29) is 34.4 Å². The number of carbonyl (C=O) groups is 2. The lowest BCUT2D eigenvalue weighted by Crippen LogP contribution is -2.47. The number of anilines is 2. The molecule has 0 atom stereocenters. The fourth-order valence-corrected chi connectivity index (χ4v) is 5.90. The second kappa shape index (κ2) is 8.34. The highest BCUT2D eigenvalue weighted by Crippen LogP contribution is 2.42. The quantitative estimate of drug-likeness (QED) is 0.685. The number of rotatable bonds is 5. The van der Waals surface area contributed by atoms with E-state index in [0.29, 0.717) is 23.6 Å². The zero-order chi connectivity index (χ0) is 21.2. The molecule has 0 aliphatic heterocycles. The van der Waals surface area contributed by atoms with Gasteiger partial charge in [-0.15, -0.1) is 0 Å². The summed E-state index contributed by atoms with van der Waals surface area (Å²) in [5.74, 6) is -0.908. The summed E-state index contributed by atoms with van der Waals surface area (Å²) in [5.41, 5.74) is 0.679. The van der Waals surface area contributed by atoms with Crippen molar-refractivity contribution in [2.75, 3.05) is 10.6 Å². The molecule has 0 heterocycles. The Hall–Kier alpha value is -2.09.